The molecular weight excluding hydrogens is 659 g/mol. The Labute approximate surface area is 280 Å². The number of carbonyl (C=O) groups is 2. The third-order valence-electron chi connectivity index (χ3n) is 7.39. The molecule has 49 heavy (non-hydrogen) atoms. The highest BCUT2D eigenvalue weighted by Gasteiger charge is 2.34. The molecule has 0 radical (unpaired) electrons. The molecule has 11 nitrogen and oxygen atoms in total. The zero-order chi connectivity index (χ0) is 35.8. The number of amides is 1. The van der Waals surface area contributed by atoms with E-state index in [2.05, 4.69) is 15.2 Å². The molecule has 0 aliphatic carbocycles. The maximum atomic E-state index is 14.3. The van der Waals surface area contributed by atoms with Crippen molar-refractivity contribution in [1.29, 1.82) is 0 Å². The van der Waals surface area contributed by atoms with Gasteiger partial charge in [0.05, 0.1) is 24.7 Å². The van der Waals surface area contributed by atoms with Crippen molar-refractivity contribution in [2.45, 2.75) is 84.0 Å². The summed E-state index contributed by atoms with van der Waals surface area (Å²) in [5.74, 6) is -5.64. The van der Waals surface area contributed by atoms with Gasteiger partial charge in [-0.2, -0.15) is 5.10 Å². The fourth-order valence-corrected chi connectivity index (χ4v) is 5.34. The Morgan fingerprint density at radius 1 is 1.06 bits per heavy atom. The van der Waals surface area contributed by atoms with Crippen LogP contribution in [0, 0.1) is 11.6 Å². The Hall–Kier alpha value is -4.18. The SMILES string of the molecule is CC(C)(C)OC(=O)N(CCCCOCCNc1cc(CC(=O)O)cc2c1cnn2C1CCCCO1)Cc1cc(F)c(OC(F)(F)F)c(F)c1. The summed E-state index contributed by atoms with van der Waals surface area (Å²) in [6.45, 7) is 6.43. The van der Waals surface area contributed by atoms with E-state index in [4.69, 9.17) is 14.2 Å². The van der Waals surface area contributed by atoms with Crippen molar-refractivity contribution in [3.05, 3.63) is 53.2 Å². The van der Waals surface area contributed by atoms with Gasteiger partial charge in [0.15, 0.2) is 17.9 Å². The Kier molecular flexibility index (Phi) is 12.7. The number of aromatic nitrogens is 2. The van der Waals surface area contributed by atoms with Gasteiger partial charge in [-0.3, -0.25) is 4.79 Å². The van der Waals surface area contributed by atoms with E-state index in [1.165, 1.54) is 4.90 Å². The monoisotopic (exact) mass is 700 g/mol. The van der Waals surface area contributed by atoms with Crippen LogP contribution in [0.25, 0.3) is 10.9 Å². The van der Waals surface area contributed by atoms with Gasteiger partial charge < -0.3 is 34.3 Å². The van der Waals surface area contributed by atoms with E-state index in [0.717, 1.165) is 35.9 Å². The van der Waals surface area contributed by atoms with E-state index >= 15 is 0 Å². The molecule has 0 spiro atoms. The molecule has 1 aromatic heterocycles. The number of anilines is 1. The van der Waals surface area contributed by atoms with Crippen molar-refractivity contribution in [3.8, 4) is 5.75 Å². The summed E-state index contributed by atoms with van der Waals surface area (Å²) in [5, 5.41) is 18.0. The highest BCUT2D eigenvalue weighted by molar-refractivity contribution is 5.93. The van der Waals surface area contributed by atoms with Crippen LogP contribution in [-0.4, -0.2) is 76.7 Å². The quantitative estimate of drug-likeness (QED) is 0.125. The minimum absolute atomic E-state index is 0.0870. The lowest BCUT2D eigenvalue weighted by Gasteiger charge is -2.27. The van der Waals surface area contributed by atoms with Crippen molar-refractivity contribution in [3.63, 3.8) is 0 Å². The number of carbonyl (C=O) groups excluding carboxylic acids is 1. The van der Waals surface area contributed by atoms with Crippen LogP contribution in [0.15, 0.2) is 30.5 Å². The van der Waals surface area contributed by atoms with Gasteiger partial charge >= 0.3 is 18.4 Å². The zero-order valence-corrected chi connectivity index (χ0v) is 27.6. The number of aliphatic carboxylic acids is 1. The summed E-state index contributed by atoms with van der Waals surface area (Å²) >= 11 is 0. The number of rotatable bonds is 15. The summed E-state index contributed by atoms with van der Waals surface area (Å²) in [7, 11) is 0. The van der Waals surface area contributed by atoms with E-state index in [9.17, 15) is 36.6 Å². The molecule has 0 bridgehead atoms. The Morgan fingerprint density at radius 2 is 1.80 bits per heavy atom. The molecule has 2 aromatic carbocycles. The van der Waals surface area contributed by atoms with E-state index in [1.54, 1.807) is 37.7 Å². The van der Waals surface area contributed by atoms with Crippen LogP contribution in [0.5, 0.6) is 5.75 Å². The second-order valence-electron chi connectivity index (χ2n) is 12.6. The molecule has 1 unspecified atom stereocenters. The lowest BCUT2D eigenvalue weighted by atomic mass is 10.1. The highest BCUT2D eigenvalue weighted by Crippen LogP contribution is 2.32. The van der Waals surface area contributed by atoms with Gasteiger partial charge in [-0.15, -0.1) is 13.2 Å². The summed E-state index contributed by atoms with van der Waals surface area (Å²) in [5.41, 5.74) is 1.16. The smallest absolute Gasteiger partial charge is 0.481 e. The molecule has 2 heterocycles. The number of fused-ring (bicyclic) bond motifs is 1. The van der Waals surface area contributed by atoms with Gasteiger partial charge in [-0.25, -0.2) is 18.3 Å². The molecule has 3 aromatic rings. The molecule has 1 atom stereocenters. The number of halogens is 5. The van der Waals surface area contributed by atoms with Crippen LogP contribution < -0.4 is 10.1 Å². The average Bonchev–Trinajstić information content (AvgIpc) is 3.42. The maximum absolute atomic E-state index is 14.3. The van der Waals surface area contributed by atoms with Gasteiger partial charge in [0.25, 0.3) is 0 Å². The summed E-state index contributed by atoms with van der Waals surface area (Å²) in [6.07, 6.45) is -0.933. The standard InChI is InChI=1S/C33H41F5N4O7/c1-32(2,3)49-31(45)41(20-22-14-24(34)30(25(35)15-22)48-33(36,37)38)10-5-7-11-46-13-9-39-26-16-21(18-29(43)44)17-27-23(26)19-40-42(27)28-8-4-6-12-47-28/h14-17,19,28,39H,4-13,18,20H2,1-3H3,(H,43,44). The predicted molar refractivity (Wildman–Crippen MR) is 168 cm³/mol. The molecule has 1 aliphatic rings. The van der Waals surface area contributed by atoms with Gasteiger partial charge in [-0.1, -0.05) is 0 Å². The third-order valence-corrected chi connectivity index (χ3v) is 7.39. The second-order valence-corrected chi connectivity index (χ2v) is 12.6. The molecule has 16 heteroatoms. The number of alkyl halides is 3. The Bertz CT molecular complexity index is 1560. The topological polar surface area (TPSA) is 124 Å². The number of carboxylic acid groups (broad SMARTS) is 1. The molecule has 4 rings (SSSR count). The number of hydrogen-bond acceptors (Lipinski definition) is 8. The van der Waals surface area contributed by atoms with Crippen molar-refractivity contribution in [2.75, 3.05) is 38.2 Å². The predicted octanol–water partition coefficient (Wildman–Crippen LogP) is 7.19. The number of hydrogen-bond donors (Lipinski definition) is 2. The Balaban J connectivity index is 1.30. The van der Waals surface area contributed by atoms with Gasteiger partial charge in [0.1, 0.15) is 5.60 Å². The summed E-state index contributed by atoms with van der Waals surface area (Å²) in [6, 6.07) is 4.96. The number of carboxylic acids is 1. The normalized spacial score (nSPS) is 15.3. The lowest BCUT2D eigenvalue weighted by Crippen LogP contribution is -2.37. The van der Waals surface area contributed by atoms with Crippen molar-refractivity contribution in [2.24, 2.45) is 0 Å². The van der Waals surface area contributed by atoms with Crippen molar-refractivity contribution >= 4 is 28.7 Å². The van der Waals surface area contributed by atoms with E-state index in [0.29, 0.717) is 56.9 Å². The number of unbranched alkanes of at least 4 members (excludes halogenated alkanes) is 1. The third kappa shape index (κ3) is 11.4. The molecule has 1 amide bonds. The summed E-state index contributed by atoms with van der Waals surface area (Å²) in [4.78, 5) is 25.5. The van der Waals surface area contributed by atoms with Crippen LogP contribution in [0.4, 0.5) is 32.4 Å². The van der Waals surface area contributed by atoms with Gasteiger partial charge in [0.2, 0.25) is 5.75 Å². The molecule has 2 N–H and O–H groups in total. The van der Waals surface area contributed by atoms with E-state index in [1.807, 2.05) is 6.07 Å². The molecule has 270 valence electrons. The van der Waals surface area contributed by atoms with Crippen molar-refractivity contribution < 1.29 is 55.6 Å². The first-order valence-electron chi connectivity index (χ1n) is 16.0. The minimum atomic E-state index is -5.28. The average molecular weight is 701 g/mol. The first kappa shape index (κ1) is 37.6. The fourth-order valence-electron chi connectivity index (χ4n) is 5.34. The first-order chi connectivity index (χ1) is 23.1. The maximum Gasteiger partial charge on any atom is 0.573 e. The number of nitrogens with zero attached hydrogens (tertiary/aromatic N) is 3. The number of ether oxygens (including phenoxy) is 4. The zero-order valence-electron chi connectivity index (χ0n) is 27.6. The molecule has 1 saturated heterocycles. The van der Waals surface area contributed by atoms with E-state index in [-0.39, 0.29) is 31.3 Å². The summed E-state index contributed by atoms with van der Waals surface area (Å²) < 4.78 is 88.5. The van der Waals surface area contributed by atoms with Crippen LogP contribution in [-0.2, 0) is 32.0 Å². The lowest BCUT2D eigenvalue weighted by molar-refractivity contribution is -0.276. The molecular formula is C33H41F5N4O7. The van der Waals surface area contributed by atoms with Crippen LogP contribution in [0.2, 0.25) is 0 Å². The fraction of sp³-hybridized carbons (Fsp3) is 0.545. The largest absolute Gasteiger partial charge is 0.573 e. The first-order valence-corrected chi connectivity index (χ1v) is 16.0. The molecule has 1 aliphatic heterocycles. The van der Waals surface area contributed by atoms with Crippen LogP contribution >= 0.6 is 0 Å². The molecule has 1 fully saturated rings. The van der Waals surface area contributed by atoms with Crippen LogP contribution in [0.3, 0.4) is 0 Å². The highest BCUT2D eigenvalue weighted by atomic mass is 19.4. The van der Waals surface area contributed by atoms with Gasteiger partial charge in [-0.05, 0) is 88.3 Å². The van der Waals surface area contributed by atoms with Gasteiger partial charge in [0, 0.05) is 43.9 Å². The Morgan fingerprint density at radius 3 is 2.43 bits per heavy atom. The second kappa shape index (κ2) is 16.5. The van der Waals surface area contributed by atoms with E-state index < -0.39 is 41.4 Å². The number of nitrogens with one attached hydrogen (secondary N) is 1. The van der Waals surface area contributed by atoms with Crippen molar-refractivity contribution in [1.82, 2.24) is 14.7 Å². The number of benzene rings is 2. The van der Waals surface area contributed by atoms with Crippen LogP contribution in [0.1, 0.15) is 70.2 Å². The minimum Gasteiger partial charge on any atom is -0.481 e. The molecule has 0 saturated carbocycles.